The predicted molar refractivity (Wildman–Crippen MR) is 59.1 cm³/mol. The Morgan fingerprint density at radius 1 is 1.36 bits per heavy atom. The molecule has 1 atom stereocenters. The van der Waals surface area contributed by atoms with Crippen LogP contribution >= 0.6 is 0 Å². The molecule has 0 aromatic rings. The summed E-state index contributed by atoms with van der Waals surface area (Å²) in [5, 5.41) is 3.46. The van der Waals surface area contributed by atoms with Gasteiger partial charge in [0.25, 0.3) is 0 Å². The molecule has 0 aromatic carbocycles. The van der Waals surface area contributed by atoms with Gasteiger partial charge in [0.1, 0.15) is 6.61 Å². The van der Waals surface area contributed by atoms with E-state index in [1.54, 1.807) is 0 Å². The minimum Gasteiger partial charge on any atom is -0.369 e. The molecule has 1 rings (SSSR count). The molecule has 2 nitrogen and oxygen atoms in total. The lowest BCUT2D eigenvalue weighted by molar-refractivity contribution is 0.148. The zero-order chi connectivity index (χ0) is 10.4. The molecule has 80 valence electrons. The zero-order valence-corrected chi connectivity index (χ0v) is 9.52. The van der Waals surface area contributed by atoms with Crippen LogP contribution in [-0.4, -0.2) is 25.8 Å². The lowest BCUT2D eigenvalue weighted by atomic mass is 9.87. The standard InChI is InChI=1S/C12H21NO/c1-12(2,3)10-11-6-9-14-8-5-4-7-13-11/h11,13H,6-10H2,1-3H3. The quantitative estimate of drug-likeness (QED) is 0.644. The van der Waals surface area contributed by atoms with Crippen molar-refractivity contribution >= 4 is 0 Å². The Kier molecular flexibility index (Phi) is 4.44. The average molecular weight is 195 g/mol. The molecule has 14 heavy (non-hydrogen) atoms. The maximum atomic E-state index is 5.39. The van der Waals surface area contributed by atoms with Gasteiger partial charge in [-0.1, -0.05) is 32.6 Å². The van der Waals surface area contributed by atoms with Crippen LogP contribution in [0.5, 0.6) is 0 Å². The van der Waals surface area contributed by atoms with Crippen LogP contribution in [0, 0.1) is 17.3 Å². The first-order valence-corrected chi connectivity index (χ1v) is 5.35. The van der Waals surface area contributed by atoms with E-state index in [0.29, 0.717) is 18.1 Å². The van der Waals surface area contributed by atoms with Crippen molar-refractivity contribution in [3.8, 4) is 11.8 Å². The SMILES string of the molecule is CC(C)(C)CC1CCOCC#CCN1. The van der Waals surface area contributed by atoms with E-state index in [2.05, 4.69) is 37.9 Å². The van der Waals surface area contributed by atoms with Crippen molar-refractivity contribution in [1.82, 2.24) is 5.32 Å². The molecule has 0 aromatic heterocycles. The highest BCUT2D eigenvalue weighted by atomic mass is 16.5. The molecule has 0 fully saturated rings. The van der Waals surface area contributed by atoms with Gasteiger partial charge in [0.2, 0.25) is 0 Å². The summed E-state index contributed by atoms with van der Waals surface area (Å²) >= 11 is 0. The molecule has 1 heterocycles. The minimum absolute atomic E-state index is 0.374. The summed E-state index contributed by atoms with van der Waals surface area (Å²) in [4.78, 5) is 0. The van der Waals surface area contributed by atoms with Crippen molar-refractivity contribution in [2.75, 3.05) is 19.8 Å². The summed E-state index contributed by atoms with van der Waals surface area (Å²) in [5.74, 6) is 6.03. The monoisotopic (exact) mass is 195 g/mol. The number of hydrogen-bond donors (Lipinski definition) is 1. The summed E-state index contributed by atoms with van der Waals surface area (Å²) in [5.41, 5.74) is 0.374. The molecule has 0 radical (unpaired) electrons. The lowest BCUT2D eigenvalue weighted by Gasteiger charge is -2.26. The van der Waals surface area contributed by atoms with Gasteiger partial charge in [0, 0.05) is 12.6 Å². The van der Waals surface area contributed by atoms with Gasteiger partial charge in [0.15, 0.2) is 0 Å². The van der Waals surface area contributed by atoms with Crippen molar-refractivity contribution in [1.29, 1.82) is 0 Å². The summed E-state index contributed by atoms with van der Waals surface area (Å²) in [6, 6.07) is 0.544. The normalized spacial score (nSPS) is 24.1. The topological polar surface area (TPSA) is 21.3 Å². The molecule has 0 bridgehead atoms. The molecule has 1 aliphatic heterocycles. The van der Waals surface area contributed by atoms with Crippen LogP contribution in [-0.2, 0) is 4.74 Å². The highest BCUT2D eigenvalue weighted by Gasteiger charge is 2.18. The minimum atomic E-state index is 0.374. The van der Waals surface area contributed by atoms with Gasteiger partial charge in [-0.2, -0.15) is 0 Å². The first-order valence-electron chi connectivity index (χ1n) is 5.35. The van der Waals surface area contributed by atoms with E-state index in [9.17, 15) is 0 Å². The van der Waals surface area contributed by atoms with Crippen molar-refractivity contribution in [2.24, 2.45) is 5.41 Å². The number of rotatable bonds is 1. The van der Waals surface area contributed by atoms with Gasteiger partial charge < -0.3 is 10.1 Å². The van der Waals surface area contributed by atoms with Crippen molar-refractivity contribution in [3.05, 3.63) is 0 Å². The fraction of sp³-hybridized carbons (Fsp3) is 0.833. The average Bonchev–Trinajstić information content (AvgIpc) is 2.15. The van der Waals surface area contributed by atoms with Crippen LogP contribution in [0.2, 0.25) is 0 Å². The number of hydrogen-bond acceptors (Lipinski definition) is 2. The summed E-state index contributed by atoms with van der Waals surface area (Å²) in [6.45, 7) is 9.02. The van der Waals surface area contributed by atoms with Gasteiger partial charge in [-0.3, -0.25) is 0 Å². The van der Waals surface area contributed by atoms with Gasteiger partial charge in [-0.25, -0.2) is 0 Å². The molecule has 0 saturated carbocycles. The van der Waals surface area contributed by atoms with E-state index < -0.39 is 0 Å². The van der Waals surface area contributed by atoms with Crippen LogP contribution in [0.25, 0.3) is 0 Å². The maximum absolute atomic E-state index is 5.39. The Hall–Kier alpha value is -0.520. The molecule has 2 heteroatoms. The van der Waals surface area contributed by atoms with Crippen LogP contribution in [0.4, 0.5) is 0 Å². The Labute approximate surface area is 87.4 Å². The van der Waals surface area contributed by atoms with E-state index in [0.717, 1.165) is 19.6 Å². The molecule has 0 spiro atoms. The zero-order valence-electron chi connectivity index (χ0n) is 9.52. The van der Waals surface area contributed by atoms with Crippen LogP contribution < -0.4 is 5.32 Å². The third kappa shape index (κ3) is 5.26. The highest BCUT2D eigenvalue weighted by Crippen LogP contribution is 2.22. The lowest BCUT2D eigenvalue weighted by Crippen LogP contribution is -2.34. The molecule has 1 N–H and O–H groups in total. The third-order valence-electron chi connectivity index (χ3n) is 2.25. The second kappa shape index (κ2) is 5.38. The Morgan fingerprint density at radius 3 is 2.86 bits per heavy atom. The summed E-state index contributed by atoms with van der Waals surface area (Å²) < 4.78 is 5.39. The number of ether oxygens (including phenoxy) is 1. The third-order valence-corrected chi connectivity index (χ3v) is 2.25. The number of nitrogens with one attached hydrogen (secondary N) is 1. The largest absolute Gasteiger partial charge is 0.369 e. The van der Waals surface area contributed by atoms with Gasteiger partial charge in [0.05, 0.1) is 6.54 Å². The highest BCUT2D eigenvalue weighted by molar-refractivity contribution is 5.02. The molecule has 0 saturated heterocycles. The first-order chi connectivity index (χ1) is 6.58. The van der Waals surface area contributed by atoms with Crippen LogP contribution in [0.15, 0.2) is 0 Å². The Bertz CT molecular complexity index is 219. The molecule has 0 amide bonds. The smallest absolute Gasteiger partial charge is 0.107 e. The molecule has 1 unspecified atom stereocenters. The molecular weight excluding hydrogens is 174 g/mol. The van der Waals surface area contributed by atoms with E-state index >= 15 is 0 Å². The fourth-order valence-electron chi connectivity index (χ4n) is 1.67. The predicted octanol–water partition coefficient (Wildman–Crippen LogP) is 1.80. The van der Waals surface area contributed by atoms with Gasteiger partial charge >= 0.3 is 0 Å². The van der Waals surface area contributed by atoms with E-state index in [1.165, 1.54) is 6.42 Å². The van der Waals surface area contributed by atoms with Crippen LogP contribution in [0.1, 0.15) is 33.6 Å². The van der Waals surface area contributed by atoms with Crippen LogP contribution in [0.3, 0.4) is 0 Å². The van der Waals surface area contributed by atoms with E-state index in [4.69, 9.17) is 4.74 Å². The second-order valence-corrected chi connectivity index (χ2v) is 5.04. The first kappa shape index (κ1) is 11.6. The Balaban J connectivity index is 2.39. The fourth-order valence-corrected chi connectivity index (χ4v) is 1.67. The van der Waals surface area contributed by atoms with Crippen molar-refractivity contribution in [2.45, 2.75) is 39.7 Å². The van der Waals surface area contributed by atoms with Crippen molar-refractivity contribution in [3.63, 3.8) is 0 Å². The summed E-state index contributed by atoms with van der Waals surface area (Å²) in [6.07, 6.45) is 2.26. The van der Waals surface area contributed by atoms with Gasteiger partial charge in [-0.15, -0.1) is 0 Å². The second-order valence-electron chi connectivity index (χ2n) is 5.04. The van der Waals surface area contributed by atoms with E-state index in [-0.39, 0.29) is 0 Å². The maximum Gasteiger partial charge on any atom is 0.107 e. The molecule has 1 aliphatic rings. The van der Waals surface area contributed by atoms with Gasteiger partial charge in [-0.05, 0) is 18.3 Å². The summed E-state index contributed by atoms with van der Waals surface area (Å²) in [7, 11) is 0. The van der Waals surface area contributed by atoms with E-state index in [1.807, 2.05) is 0 Å². The van der Waals surface area contributed by atoms with Crippen molar-refractivity contribution < 1.29 is 4.74 Å². The Morgan fingerprint density at radius 2 is 2.14 bits per heavy atom. The molecule has 0 aliphatic carbocycles. The molecular formula is C12H21NO.